The zero-order chi connectivity index (χ0) is 22.9. The Labute approximate surface area is 199 Å². The van der Waals surface area contributed by atoms with Crippen molar-refractivity contribution in [2.75, 3.05) is 52.5 Å². The minimum atomic E-state index is -0.586. The highest BCUT2D eigenvalue weighted by molar-refractivity contribution is 6.42. The third kappa shape index (κ3) is 4.50. The summed E-state index contributed by atoms with van der Waals surface area (Å²) in [6.07, 6.45) is 2.58. The Hall–Kier alpha value is -1.38. The highest BCUT2D eigenvalue weighted by Gasteiger charge is 2.56. The molecule has 2 amide bonds. The van der Waals surface area contributed by atoms with Gasteiger partial charge in [-0.25, -0.2) is 0 Å². The van der Waals surface area contributed by atoms with E-state index in [4.69, 9.17) is 27.9 Å². The van der Waals surface area contributed by atoms with Crippen molar-refractivity contribution in [3.63, 3.8) is 0 Å². The number of hydrogen-bond acceptors (Lipinski definition) is 5. The standard InChI is InChI=1S/C23H31Cl2N3O4/c1-23-17(12-26-6-2-3-7-26)14-32-15-20(23)27(22(31)13-29)8-9-28(23)21(30)11-16-4-5-18(24)19(25)10-16/h4-5,10,17,20,29H,2-3,6-9,11-15H2,1H3. The largest absolute Gasteiger partial charge is 0.387 e. The van der Waals surface area contributed by atoms with E-state index in [0.717, 1.165) is 25.2 Å². The van der Waals surface area contributed by atoms with E-state index in [1.54, 1.807) is 17.0 Å². The average molecular weight is 484 g/mol. The molecule has 1 aromatic carbocycles. The Kier molecular flexibility index (Phi) is 7.32. The van der Waals surface area contributed by atoms with E-state index in [2.05, 4.69) is 11.8 Å². The minimum absolute atomic E-state index is 0.000286. The van der Waals surface area contributed by atoms with Crippen LogP contribution in [0.4, 0.5) is 0 Å². The lowest BCUT2D eigenvalue weighted by Crippen LogP contribution is -2.76. The first-order valence-corrected chi connectivity index (χ1v) is 12.0. The van der Waals surface area contributed by atoms with Crippen LogP contribution in [0.2, 0.25) is 10.0 Å². The van der Waals surface area contributed by atoms with Crippen molar-refractivity contribution >= 4 is 35.0 Å². The lowest BCUT2D eigenvalue weighted by atomic mass is 9.73. The number of halogens is 2. The third-order valence-electron chi connectivity index (χ3n) is 7.39. The van der Waals surface area contributed by atoms with Crippen LogP contribution in [0, 0.1) is 5.92 Å². The molecule has 0 saturated carbocycles. The maximum Gasteiger partial charge on any atom is 0.248 e. The van der Waals surface area contributed by atoms with Gasteiger partial charge in [-0.05, 0) is 50.6 Å². The normalized spacial score (nSPS) is 28.6. The molecule has 0 aromatic heterocycles. The molecule has 3 atom stereocenters. The molecule has 0 radical (unpaired) electrons. The van der Waals surface area contributed by atoms with Gasteiger partial charge < -0.3 is 24.5 Å². The predicted octanol–water partition coefficient (Wildman–Crippen LogP) is 2.07. The number of ether oxygens (including phenoxy) is 1. The van der Waals surface area contributed by atoms with Crippen LogP contribution in [0.15, 0.2) is 18.2 Å². The number of aliphatic hydroxyl groups is 1. The maximum absolute atomic E-state index is 13.6. The summed E-state index contributed by atoms with van der Waals surface area (Å²) >= 11 is 12.2. The monoisotopic (exact) mass is 483 g/mol. The molecule has 3 aliphatic heterocycles. The van der Waals surface area contributed by atoms with Crippen molar-refractivity contribution in [3.8, 4) is 0 Å². The maximum atomic E-state index is 13.6. The van der Waals surface area contributed by atoms with Crippen LogP contribution in [0.25, 0.3) is 0 Å². The van der Waals surface area contributed by atoms with E-state index >= 15 is 0 Å². The van der Waals surface area contributed by atoms with E-state index in [0.29, 0.717) is 36.3 Å². The summed E-state index contributed by atoms with van der Waals surface area (Å²) in [4.78, 5) is 32.2. The summed E-state index contributed by atoms with van der Waals surface area (Å²) < 4.78 is 5.95. The average Bonchev–Trinajstić information content (AvgIpc) is 3.28. The first-order valence-electron chi connectivity index (χ1n) is 11.3. The Morgan fingerprint density at radius 2 is 1.84 bits per heavy atom. The third-order valence-corrected chi connectivity index (χ3v) is 8.13. The number of nitrogens with zero attached hydrogens (tertiary/aromatic N) is 3. The molecular weight excluding hydrogens is 453 g/mol. The van der Waals surface area contributed by atoms with Gasteiger partial charge in [0.1, 0.15) is 6.61 Å². The number of amides is 2. The fraction of sp³-hybridized carbons (Fsp3) is 0.652. The molecule has 3 heterocycles. The number of likely N-dealkylation sites (tertiary alicyclic amines) is 1. The van der Waals surface area contributed by atoms with Crippen LogP contribution in [0.5, 0.6) is 0 Å². The molecule has 1 aromatic rings. The second-order valence-electron chi connectivity index (χ2n) is 9.20. The van der Waals surface area contributed by atoms with E-state index in [1.165, 1.54) is 12.8 Å². The topological polar surface area (TPSA) is 73.3 Å². The van der Waals surface area contributed by atoms with Gasteiger partial charge in [-0.3, -0.25) is 9.59 Å². The van der Waals surface area contributed by atoms with Crippen molar-refractivity contribution in [2.24, 2.45) is 5.92 Å². The Bertz CT molecular complexity index is 864. The van der Waals surface area contributed by atoms with E-state index in [-0.39, 0.29) is 30.2 Å². The number of benzene rings is 1. The minimum Gasteiger partial charge on any atom is -0.387 e. The lowest BCUT2D eigenvalue weighted by molar-refractivity contribution is -0.183. The van der Waals surface area contributed by atoms with Gasteiger partial charge in [0.2, 0.25) is 11.8 Å². The van der Waals surface area contributed by atoms with Gasteiger partial charge in [0.25, 0.3) is 0 Å². The van der Waals surface area contributed by atoms with Gasteiger partial charge in [-0.2, -0.15) is 0 Å². The molecule has 4 rings (SSSR count). The van der Waals surface area contributed by atoms with Gasteiger partial charge in [0.05, 0.1) is 41.3 Å². The van der Waals surface area contributed by atoms with Crippen molar-refractivity contribution in [1.82, 2.24) is 14.7 Å². The number of rotatable bonds is 5. The summed E-state index contributed by atoms with van der Waals surface area (Å²) in [6, 6.07) is 4.97. The Balaban J connectivity index is 1.62. The van der Waals surface area contributed by atoms with Gasteiger partial charge in [-0.15, -0.1) is 0 Å². The first-order chi connectivity index (χ1) is 15.3. The first kappa shape index (κ1) is 23.8. The molecule has 0 aliphatic carbocycles. The second-order valence-corrected chi connectivity index (χ2v) is 10.0. The van der Waals surface area contributed by atoms with Crippen LogP contribution >= 0.6 is 23.2 Å². The van der Waals surface area contributed by atoms with Gasteiger partial charge in [0, 0.05) is 25.6 Å². The summed E-state index contributed by atoms with van der Waals surface area (Å²) in [5.41, 5.74) is 0.221. The van der Waals surface area contributed by atoms with Crippen LogP contribution in [0.1, 0.15) is 25.3 Å². The van der Waals surface area contributed by atoms with Gasteiger partial charge in [-0.1, -0.05) is 29.3 Å². The molecule has 0 bridgehead atoms. The molecule has 32 heavy (non-hydrogen) atoms. The second kappa shape index (κ2) is 9.85. The van der Waals surface area contributed by atoms with E-state index < -0.39 is 12.1 Å². The summed E-state index contributed by atoms with van der Waals surface area (Å²) in [5, 5.41) is 10.4. The van der Waals surface area contributed by atoms with Crippen molar-refractivity contribution < 1.29 is 19.4 Å². The molecule has 7 nitrogen and oxygen atoms in total. The quantitative estimate of drug-likeness (QED) is 0.693. The molecule has 3 unspecified atom stereocenters. The lowest BCUT2D eigenvalue weighted by Gasteiger charge is -2.60. The predicted molar refractivity (Wildman–Crippen MR) is 123 cm³/mol. The summed E-state index contributed by atoms with van der Waals surface area (Å²) in [5.74, 6) is -0.255. The van der Waals surface area contributed by atoms with Crippen LogP contribution in [-0.4, -0.2) is 95.7 Å². The number of fused-ring (bicyclic) bond motifs is 1. The molecule has 3 saturated heterocycles. The summed E-state index contributed by atoms with van der Waals surface area (Å²) in [7, 11) is 0. The van der Waals surface area contributed by atoms with Crippen LogP contribution < -0.4 is 0 Å². The molecule has 9 heteroatoms. The number of piperazine rings is 1. The highest BCUT2D eigenvalue weighted by Crippen LogP contribution is 2.40. The number of aliphatic hydroxyl groups excluding tert-OH is 1. The fourth-order valence-electron chi connectivity index (χ4n) is 5.56. The zero-order valence-corrected chi connectivity index (χ0v) is 19.9. The number of hydrogen-bond donors (Lipinski definition) is 1. The van der Waals surface area contributed by atoms with Gasteiger partial charge >= 0.3 is 0 Å². The summed E-state index contributed by atoms with van der Waals surface area (Å²) in [6.45, 7) is 6.18. The number of carbonyl (C=O) groups excluding carboxylic acids is 2. The van der Waals surface area contributed by atoms with Gasteiger partial charge in [0.15, 0.2) is 0 Å². The van der Waals surface area contributed by atoms with E-state index in [9.17, 15) is 14.7 Å². The Morgan fingerprint density at radius 3 is 2.53 bits per heavy atom. The van der Waals surface area contributed by atoms with Crippen molar-refractivity contribution in [2.45, 2.75) is 37.8 Å². The number of carbonyl (C=O) groups is 2. The smallest absolute Gasteiger partial charge is 0.248 e. The SMILES string of the molecule is CC12C(CN3CCCC3)COCC1N(C(=O)CO)CCN2C(=O)Cc1ccc(Cl)c(Cl)c1. The van der Waals surface area contributed by atoms with Crippen molar-refractivity contribution in [1.29, 1.82) is 0 Å². The van der Waals surface area contributed by atoms with Crippen LogP contribution in [-0.2, 0) is 20.7 Å². The molecular formula is C23H31Cl2N3O4. The highest BCUT2D eigenvalue weighted by atomic mass is 35.5. The van der Waals surface area contributed by atoms with Crippen LogP contribution in [0.3, 0.4) is 0 Å². The molecule has 1 N–H and O–H groups in total. The van der Waals surface area contributed by atoms with E-state index in [1.807, 2.05) is 11.0 Å². The molecule has 176 valence electrons. The molecule has 3 fully saturated rings. The fourth-order valence-corrected chi connectivity index (χ4v) is 5.88. The zero-order valence-electron chi connectivity index (χ0n) is 18.4. The molecule has 0 spiro atoms. The van der Waals surface area contributed by atoms with Crippen molar-refractivity contribution in [3.05, 3.63) is 33.8 Å². The Morgan fingerprint density at radius 1 is 1.09 bits per heavy atom. The molecule has 3 aliphatic rings.